The molecule has 0 spiro atoms. The fourth-order valence-electron chi connectivity index (χ4n) is 6.18. The molecule has 2 N–H and O–H groups in total. The minimum Gasteiger partial charge on any atom is -0.280 e. The van der Waals surface area contributed by atoms with E-state index in [1.807, 2.05) is 157 Å². The van der Waals surface area contributed by atoms with Crippen LogP contribution >= 0.6 is 0 Å². The van der Waals surface area contributed by atoms with E-state index in [9.17, 15) is 16.8 Å². The number of hydrogen-bond donors (Lipinski definition) is 2. The van der Waals surface area contributed by atoms with E-state index in [0.29, 0.717) is 16.3 Å². The highest BCUT2D eigenvalue weighted by molar-refractivity contribution is 7.93. The molecule has 0 heterocycles. The molecule has 0 aliphatic rings. The summed E-state index contributed by atoms with van der Waals surface area (Å²) in [6.07, 6.45) is 0. The monoisotopic (exact) mass is 702 g/mol. The molecule has 0 aliphatic carbocycles. The molecular weight excluding hydrogens is 661 g/mol. The Morgan fingerprint density at radius 3 is 1.36 bits per heavy atom. The van der Waals surface area contributed by atoms with E-state index in [1.165, 1.54) is 0 Å². The number of anilines is 2. The van der Waals surface area contributed by atoms with Gasteiger partial charge in [0.15, 0.2) is 0 Å². The van der Waals surface area contributed by atoms with Crippen LogP contribution in [0.1, 0.15) is 33.4 Å². The SMILES string of the molecule is Cc1cc(C)c(NS(=O)(=O)c2c(C)cc(C)cc2C)c(C)c1.O=S(=O)(Nc1cccc(-c2ccccc2)c1)c1ccc(-c2ccccc2)cc1. The lowest BCUT2D eigenvalue weighted by Gasteiger charge is -2.17. The molecule has 50 heavy (non-hydrogen) atoms. The van der Waals surface area contributed by atoms with Gasteiger partial charge in [0, 0.05) is 5.69 Å². The second kappa shape index (κ2) is 15.2. The van der Waals surface area contributed by atoms with E-state index < -0.39 is 20.0 Å². The lowest BCUT2D eigenvalue weighted by molar-refractivity contribution is 0.598. The average Bonchev–Trinajstić information content (AvgIpc) is 3.07. The van der Waals surface area contributed by atoms with Crippen LogP contribution < -0.4 is 9.44 Å². The van der Waals surface area contributed by atoms with Crippen LogP contribution in [0.5, 0.6) is 0 Å². The highest BCUT2D eigenvalue weighted by Crippen LogP contribution is 2.29. The van der Waals surface area contributed by atoms with Gasteiger partial charge in [-0.1, -0.05) is 120 Å². The predicted molar refractivity (Wildman–Crippen MR) is 207 cm³/mol. The number of sulfonamides is 2. The molecule has 0 saturated carbocycles. The van der Waals surface area contributed by atoms with Crippen LogP contribution in [0.4, 0.5) is 11.4 Å². The third-order valence-electron chi connectivity index (χ3n) is 8.28. The van der Waals surface area contributed by atoms with Crippen molar-refractivity contribution in [3.63, 3.8) is 0 Å². The molecule has 0 radical (unpaired) electrons. The molecule has 0 aliphatic heterocycles. The maximum absolute atomic E-state index is 12.8. The molecule has 6 aromatic rings. The summed E-state index contributed by atoms with van der Waals surface area (Å²) in [6.45, 7) is 11.5. The number of benzene rings is 6. The molecular formula is C42H42N2O4S2. The Morgan fingerprint density at radius 2 is 0.840 bits per heavy atom. The van der Waals surface area contributed by atoms with E-state index in [2.05, 4.69) is 9.44 Å². The predicted octanol–water partition coefficient (Wildman–Crippen LogP) is 10.2. The van der Waals surface area contributed by atoms with Gasteiger partial charge in [0.05, 0.1) is 15.5 Å². The van der Waals surface area contributed by atoms with Crippen LogP contribution in [0.3, 0.4) is 0 Å². The normalized spacial score (nSPS) is 11.3. The topological polar surface area (TPSA) is 92.3 Å². The van der Waals surface area contributed by atoms with Crippen molar-refractivity contribution in [2.45, 2.75) is 51.3 Å². The molecule has 0 amide bonds. The summed E-state index contributed by atoms with van der Waals surface area (Å²) in [6, 6.07) is 41.8. The third kappa shape index (κ3) is 8.69. The Balaban J connectivity index is 0.000000201. The summed E-state index contributed by atoms with van der Waals surface area (Å²) in [5.74, 6) is 0. The van der Waals surface area contributed by atoms with Gasteiger partial charge in [0.1, 0.15) is 0 Å². The molecule has 0 bridgehead atoms. The summed E-state index contributed by atoms with van der Waals surface area (Å²) in [5, 5.41) is 0. The molecule has 0 atom stereocenters. The lowest BCUT2D eigenvalue weighted by Crippen LogP contribution is -2.17. The number of aryl methyl sites for hydroxylation is 6. The zero-order chi connectivity index (χ0) is 36.1. The maximum Gasteiger partial charge on any atom is 0.262 e. The Morgan fingerprint density at radius 1 is 0.400 bits per heavy atom. The van der Waals surface area contributed by atoms with Crippen LogP contribution in [0.2, 0.25) is 0 Å². The number of nitrogens with one attached hydrogen (secondary N) is 2. The minimum atomic E-state index is -3.66. The van der Waals surface area contributed by atoms with Gasteiger partial charge in [0.25, 0.3) is 20.0 Å². The largest absolute Gasteiger partial charge is 0.280 e. The van der Waals surface area contributed by atoms with Crippen molar-refractivity contribution in [3.8, 4) is 22.3 Å². The van der Waals surface area contributed by atoms with Gasteiger partial charge >= 0.3 is 0 Å². The Bertz CT molecular complexity index is 2290. The van der Waals surface area contributed by atoms with Crippen LogP contribution in [0, 0.1) is 41.5 Å². The van der Waals surface area contributed by atoms with E-state index >= 15 is 0 Å². The van der Waals surface area contributed by atoms with E-state index in [-0.39, 0.29) is 4.90 Å². The lowest BCUT2D eigenvalue weighted by atomic mass is 10.1. The minimum absolute atomic E-state index is 0.234. The fourth-order valence-corrected chi connectivity index (χ4v) is 8.89. The average molecular weight is 703 g/mol. The molecule has 6 aromatic carbocycles. The quantitative estimate of drug-likeness (QED) is 0.165. The Kier molecular flexibility index (Phi) is 10.9. The van der Waals surface area contributed by atoms with Crippen molar-refractivity contribution in [2.24, 2.45) is 0 Å². The van der Waals surface area contributed by atoms with Gasteiger partial charge in [-0.3, -0.25) is 9.44 Å². The first-order chi connectivity index (χ1) is 23.7. The summed E-state index contributed by atoms with van der Waals surface area (Å²) < 4.78 is 56.7. The first-order valence-electron chi connectivity index (χ1n) is 16.3. The first kappa shape index (κ1) is 36.1. The highest BCUT2D eigenvalue weighted by Gasteiger charge is 2.21. The molecule has 256 valence electrons. The van der Waals surface area contributed by atoms with E-state index in [0.717, 1.165) is 55.6 Å². The Labute approximate surface area is 297 Å². The molecule has 6 rings (SSSR count). The van der Waals surface area contributed by atoms with Crippen LogP contribution in [0.15, 0.2) is 143 Å². The van der Waals surface area contributed by atoms with Crippen LogP contribution in [0.25, 0.3) is 22.3 Å². The molecule has 0 unspecified atom stereocenters. The van der Waals surface area contributed by atoms with Gasteiger partial charge in [0.2, 0.25) is 0 Å². The van der Waals surface area contributed by atoms with Gasteiger partial charge in [-0.2, -0.15) is 0 Å². The summed E-state index contributed by atoms with van der Waals surface area (Å²) >= 11 is 0. The van der Waals surface area contributed by atoms with Gasteiger partial charge in [-0.15, -0.1) is 0 Å². The van der Waals surface area contributed by atoms with Crippen LogP contribution in [-0.2, 0) is 20.0 Å². The van der Waals surface area contributed by atoms with Crippen molar-refractivity contribution in [1.82, 2.24) is 0 Å². The van der Waals surface area contributed by atoms with Crippen molar-refractivity contribution in [2.75, 3.05) is 9.44 Å². The second-order valence-electron chi connectivity index (χ2n) is 12.5. The van der Waals surface area contributed by atoms with Gasteiger partial charge < -0.3 is 0 Å². The van der Waals surface area contributed by atoms with E-state index in [1.54, 1.807) is 18.2 Å². The Hall–Kier alpha value is -5.18. The smallest absolute Gasteiger partial charge is 0.262 e. The third-order valence-corrected chi connectivity index (χ3v) is 11.3. The first-order valence-corrected chi connectivity index (χ1v) is 19.2. The van der Waals surface area contributed by atoms with Crippen molar-refractivity contribution in [3.05, 3.63) is 167 Å². The molecule has 0 saturated heterocycles. The molecule has 6 nitrogen and oxygen atoms in total. The maximum atomic E-state index is 12.8. The number of rotatable bonds is 8. The van der Waals surface area contributed by atoms with Gasteiger partial charge in [-0.25, -0.2) is 16.8 Å². The van der Waals surface area contributed by atoms with Crippen LogP contribution in [-0.4, -0.2) is 16.8 Å². The fraction of sp³-hybridized carbons (Fsp3) is 0.143. The van der Waals surface area contributed by atoms with Crippen molar-refractivity contribution in [1.29, 1.82) is 0 Å². The zero-order valence-electron chi connectivity index (χ0n) is 29.2. The van der Waals surface area contributed by atoms with E-state index in [4.69, 9.17) is 0 Å². The molecule has 0 aromatic heterocycles. The highest BCUT2D eigenvalue weighted by atomic mass is 32.2. The summed E-state index contributed by atoms with van der Waals surface area (Å²) in [7, 11) is -7.26. The number of hydrogen-bond acceptors (Lipinski definition) is 4. The van der Waals surface area contributed by atoms with Crippen molar-refractivity contribution < 1.29 is 16.8 Å². The zero-order valence-corrected chi connectivity index (χ0v) is 30.8. The standard InChI is InChI=1S/C24H19NO2S.C18H23NO2S/c26-28(27,24-16-14-21(15-17-24)19-8-3-1-4-9-19)25-23-13-7-12-22(18-23)20-10-5-2-6-11-20;1-11-7-13(3)17(14(4)8-11)19-22(20,21)18-15(5)9-12(2)10-16(18)6/h1-18,25H;7-10,19H,1-6H3. The van der Waals surface area contributed by atoms with Gasteiger partial charge in [-0.05, 0) is 110 Å². The molecule has 8 heteroatoms. The summed E-state index contributed by atoms with van der Waals surface area (Å²) in [4.78, 5) is 0.606. The van der Waals surface area contributed by atoms with Crippen molar-refractivity contribution >= 4 is 31.4 Å². The summed E-state index contributed by atoms with van der Waals surface area (Å²) in [5.41, 5.74) is 10.8. The molecule has 0 fully saturated rings. The second-order valence-corrected chi connectivity index (χ2v) is 15.9.